The van der Waals surface area contributed by atoms with E-state index in [9.17, 15) is 29.4 Å². The third kappa shape index (κ3) is 7.85. The Labute approximate surface area is 353 Å². The number of rotatable bonds is 5. The van der Waals surface area contributed by atoms with Crippen molar-refractivity contribution in [2.75, 3.05) is 46.9 Å². The zero-order valence-corrected chi connectivity index (χ0v) is 37.1. The summed E-state index contributed by atoms with van der Waals surface area (Å²) in [6.07, 6.45) is 5.99. The number of hydrogen-bond donors (Lipinski definition) is 3. The van der Waals surface area contributed by atoms with Gasteiger partial charge in [-0.2, -0.15) is 0 Å². The molecule has 7 bridgehead atoms. The predicted octanol–water partition coefficient (Wildman–Crippen LogP) is 5.11. The molecule has 10 atom stereocenters. The third-order valence-electron chi connectivity index (χ3n) is 13.5. The minimum atomic E-state index is -1.99. The van der Waals surface area contributed by atoms with Gasteiger partial charge in [-0.05, 0) is 32.8 Å². The number of ketones is 3. The summed E-state index contributed by atoms with van der Waals surface area (Å²) in [5, 5.41) is 26.0. The van der Waals surface area contributed by atoms with Gasteiger partial charge in [0.05, 0.1) is 53.0 Å². The number of aromatic hydroxyl groups is 1. The number of amides is 1. The third-order valence-corrected chi connectivity index (χ3v) is 13.5. The van der Waals surface area contributed by atoms with Crippen molar-refractivity contribution in [2.24, 2.45) is 29.6 Å². The molecule has 7 aliphatic rings. The highest BCUT2D eigenvalue weighted by molar-refractivity contribution is 6.32. The number of nitrogens with one attached hydrogen (secondary N) is 1. The Morgan fingerprint density at radius 1 is 0.917 bits per heavy atom. The average Bonchev–Trinajstić information content (AvgIpc) is 3.47. The van der Waals surface area contributed by atoms with Crippen LogP contribution in [0.25, 0.3) is 0 Å². The Morgan fingerprint density at radius 3 is 2.18 bits per heavy atom. The lowest BCUT2D eigenvalue weighted by Gasteiger charge is -2.54. The topological polar surface area (TPSA) is 173 Å². The van der Waals surface area contributed by atoms with Crippen LogP contribution in [0.1, 0.15) is 99.0 Å². The molecule has 1 aromatic rings. The van der Waals surface area contributed by atoms with Gasteiger partial charge in [0, 0.05) is 88.7 Å². The molecular formula is C46H63N3O11. The fourth-order valence-corrected chi connectivity index (χ4v) is 9.59. The fourth-order valence-electron chi connectivity index (χ4n) is 9.59. The molecule has 2 saturated heterocycles. The molecule has 0 saturated carbocycles. The minimum Gasteiger partial charge on any atom is -0.507 e. The smallest absolute Gasteiger partial charge is 0.312 e. The predicted molar refractivity (Wildman–Crippen MR) is 224 cm³/mol. The van der Waals surface area contributed by atoms with Gasteiger partial charge < -0.3 is 44.1 Å². The molecule has 0 spiro atoms. The van der Waals surface area contributed by atoms with Gasteiger partial charge in [0.1, 0.15) is 22.9 Å². The molecule has 6 heterocycles. The number of hydrogen-bond acceptors (Lipinski definition) is 13. The Kier molecular flexibility index (Phi) is 13.0. The first-order valence-corrected chi connectivity index (χ1v) is 21.1. The van der Waals surface area contributed by atoms with Crippen molar-refractivity contribution in [3.8, 4) is 11.5 Å². The van der Waals surface area contributed by atoms with Gasteiger partial charge in [-0.25, -0.2) is 0 Å². The molecule has 8 rings (SSSR count). The quantitative estimate of drug-likeness (QED) is 0.358. The zero-order chi connectivity index (χ0) is 44.2. The Bertz CT molecular complexity index is 2030. The molecule has 1 aromatic carbocycles. The van der Waals surface area contributed by atoms with E-state index in [1.807, 2.05) is 33.8 Å². The van der Waals surface area contributed by atoms with Gasteiger partial charge in [-0.3, -0.25) is 24.1 Å². The molecular weight excluding hydrogens is 771 g/mol. The number of aliphatic hydroxyl groups excluding tert-OH is 1. The molecule has 14 nitrogen and oxygen atoms in total. The first-order valence-electron chi connectivity index (χ1n) is 21.1. The largest absolute Gasteiger partial charge is 0.507 e. The van der Waals surface area contributed by atoms with Gasteiger partial charge in [-0.1, -0.05) is 59.8 Å². The molecule has 1 aliphatic carbocycles. The molecule has 0 aromatic heterocycles. The number of phenols is 1. The summed E-state index contributed by atoms with van der Waals surface area (Å²) in [4.78, 5) is 62.2. The van der Waals surface area contributed by atoms with Crippen LogP contribution in [0.3, 0.4) is 0 Å². The fraction of sp³-hybridized carbons (Fsp3) is 0.609. The number of piperazine rings is 1. The number of carbonyl (C=O) groups excluding carboxylic acids is 4. The van der Waals surface area contributed by atoms with Crippen LogP contribution in [0.4, 0.5) is 0 Å². The van der Waals surface area contributed by atoms with Gasteiger partial charge in [0.2, 0.25) is 11.6 Å². The minimum absolute atomic E-state index is 0.00633. The summed E-state index contributed by atoms with van der Waals surface area (Å²) < 4.78 is 30.5. The number of Topliss-reactive ketones (excluding diaryl/α,β-unsaturated/α-hetero) is 3. The molecule has 14 heteroatoms. The van der Waals surface area contributed by atoms with Crippen molar-refractivity contribution in [1.82, 2.24) is 15.1 Å². The Morgan fingerprint density at radius 2 is 1.58 bits per heavy atom. The van der Waals surface area contributed by atoms with Crippen LogP contribution in [-0.4, -0.2) is 126 Å². The normalized spacial score (nSPS) is 36.2. The van der Waals surface area contributed by atoms with Gasteiger partial charge in [-0.15, -0.1) is 0 Å². The maximum Gasteiger partial charge on any atom is 0.312 e. The number of phenolic OH excluding ortho intramolecular Hbond substituents is 1. The lowest BCUT2D eigenvalue weighted by Crippen LogP contribution is -2.60. The molecule has 6 aliphatic heterocycles. The van der Waals surface area contributed by atoms with E-state index in [0.29, 0.717) is 32.1 Å². The molecule has 60 heavy (non-hydrogen) atoms. The van der Waals surface area contributed by atoms with Crippen LogP contribution in [0, 0.1) is 36.5 Å². The average molecular weight is 834 g/mol. The summed E-state index contributed by atoms with van der Waals surface area (Å²) in [7, 11) is 3.12. The molecule has 0 unspecified atom stereocenters. The van der Waals surface area contributed by atoms with E-state index in [0.717, 1.165) is 6.54 Å². The lowest BCUT2D eigenvalue weighted by molar-refractivity contribution is -0.251. The van der Waals surface area contributed by atoms with Crippen molar-refractivity contribution in [2.45, 2.75) is 105 Å². The summed E-state index contributed by atoms with van der Waals surface area (Å²) in [6.45, 7) is 21.4. The molecule has 2 fully saturated rings. The zero-order valence-electron chi connectivity index (χ0n) is 37.1. The summed E-state index contributed by atoms with van der Waals surface area (Å²) in [6, 6.07) is 0. The van der Waals surface area contributed by atoms with E-state index in [2.05, 4.69) is 31.0 Å². The van der Waals surface area contributed by atoms with E-state index in [4.69, 9.17) is 23.7 Å². The molecule has 1 amide bonds. The SMILES string of the molecule is CO[C@H]1[C@H](C)[C@H](O)[C@H](C)[C@H]2O[C@@](C)(/C=C/C=C(/C)C(=O)NC3=C(N4CCN(CC(C)C)CC4)C(=O)c4c(c(O)c(C)c5c4C(=O)[C@@](C)(O/C=C/[C@H](OC)[C@H]1C)O5)C3=O)[C@@H]2C. The number of nitrogens with zero attached hydrogens (tertiary/aromatic N) is 2. The van der Waals surface area contributed by atoms with E-state index in [1.165, 1.54) is 27.2 Å². The lowest BCUT2D eigenvalue weighted by atomic mass is 9.70. The van der Waals surface area contributed by atoms with E-state index in [1.54, 1.807) is 37.2 Å². The van der Waals surface area contributed by atoms with Gasteiger partial charge >= 0.3 is 5.79 Å². The number of ether oxygens (including phenoxy) is 5. The van der Waals surface area contributed by atoms with Crippen molar-refractivity contribution >= 4 is 23.3 Å². The summed E-state index contributed by atoms with van der Waals surface area (Å²) in [5.41, 5.74) is -1.58. The number of benzene rings is 1. The van der Waals surface area contributed by atoms with Crippen molar-refractivity contribution in [3.63, 3.8) is 0 Å². The maximum atomic E-state index is 15.0. The van der Waals surface area contributed by atoms with Crippen LogP contribution in [0.15, 0.2) is 47.5 Å². The first-order chi connectivity index (χ1) is 28.2. The second-order valence-electron chi connectivity index (χ2n) is 18.0. The first kappa shape index (κ1) is 45.2. The van der Waals surface area contributed by atoms with Gasteiger partial charge in [0.15, 0.2) is 0 Å². The number of carbonyl (C=O) groups is 4. The number of methoxy groups -OCH3 is 2. The molecule has 328 valence electrons. The van der Waals surface area contributed by atoms with Crippen LogP contribution in [-0.2, 0) is 23.7 Å². The van der Waals surface area contributed by atoms with Crippen LogP contribution >= 0.6 is 0 Å². The van der Waals surface area contributed by atoms with E-state index >= 15 is 0 Å². The van der Waals surface area contributed by atoms with E-state index in [-0.39, 0.29) is 74.7 Å². The van der Waals surface area contributed by atoms with Crippen molar-refractivity contribution < 1.29 is 53.1 Å². The molecule has 3 N–H and O–H groups in total. The van der Waals surface area contributed by atoms with Crippen LogP contribution in [0.2, 0.25) is 0 Å². The van der Waals surface area contributed by atoms with Crippen LogP contribution < -0.4 is 10.1 Å². The second kappa shape index (κ2) is 17.2. The summed E-state index contributed by atoms with van der Waals surface area (Å²) >= 11 is 0. The molecule has 0 radical (unpaired) electrons. The summed E-state index contributed by atoms with van der Waals surface area (Å²) in [5.74, 6) is -5.95. The highest BCUT2D eigenvalue weighted by atomic mass is 16.7. The highest BCUT2D eigenvalue weighted by Gasteiger charge is 2.54. The second-order valence-corrected chi connectivity index (χ2v) is 18.0. The monoisotopic (exact) mass is 833 g/mol. The number of aliphatic hydroxyl groups is 1. The highest BCUT2D eigenvalue weighted by Crippen LogP contribution is 2.49. The Balaban J connectivity index is 1.46. The maximum absolute atomic E-state index is 15.0. The van der Waals surface area contributed by atoms with Gasteiger partial charge in [0.25, 0.3) is 11.7 Å². The van der Waals surface area contributed by atoms with E-state index < -0.39 is 58.7 Å². The van der Waals surface area contributed by atoms with Crippen molar-refractivity contribution in [1.29, 1.82) is 0 Å². The van der Waals surface area contributed by atoms with Crippen LogP contribution in [0.5, 0.6) is 11.5 Å². The Hall–Kier alpha value is -4.34. The standard InChI is InChI=1S/C46H63N3O11/c1-23(2)22-48-17-19-49(20-18-48)35-34-38(52)32-31(39(35)53)33-42(28(7)37(32)51)60-46(10,43(33)54)58-21-15-30(56-11)25(4)40(57-12)26(5)36(50)27(6)41-29(8)45(9,59-41)16-13-14-24(3)44(55)47-34/h13-16,21,23,25-27,29-30,36,40-41,50-51H,17-20,22H2,1-12H3,(H,47,55)/b16-13+,21-15+,24-14-/t25-,26-,27+,29-,30+,36+,40-,41-,45+,46+/m1/s1. The number of allylic oxidation sites excluding steroid dienone is 4. The van der Waals surface area contributed by atoms with Crippen molar-refractivity contribution in [3.05, 3.63) is 69.8 Å².